The molecule has 0 spiro atoms. The number of aryl methyl sites for hydroxylation is 1. The molecular weight excluding hydrogens is 306 g/mol. The second-order valence-corrected chi connectivity index (χ2v) is 5.65. The van der Waals surface area contributed by atoms with Gasteiger partial charge in [-0.2, -0.15) is 0 Å². The van der Waals surface area contributed by atoms with E-state index in [9.17, 15) is 0 Å². The molecule has 19 heavy (non-hydrogen) atoms. The lowest BCUT2D eigenvalue weighted by Gasteiger charge is -2.22. The van der Waals surface area contributed by atoms with Gasteiger partial charge in [-0.3, -0.25) is 0 Å². The second kappa shape index (κ2) is 7.20. The van der Waals surface area contributed by atoms with E-state index in [2.05, 4.69) is 35.1 Å². The number of nitrogens with zero attached hydrogens (tertiary/aromatic N) is 2. The van der Waals surface area contributed by atoms with Gasteiger partial charge in [0.2, 0.25) is 0 Å². The van der Waals surface area contributed by atoms with Crippen molar-refractivity contribution in [2.45, 2.75) is 45.4 Å². The van der Waals surface area contributed by atoms with Crippen LogP contribution in [-0.4, -0.2) is 29.7 Å². The predicted octanol–water partition coefficient (Wildman–Crippen LogP) is 3.52. The minimum Gasteiger partial charge on any atom is -0.381 e. The number of anilines is 1. The molecule has 0 radical (unpaired) electrons. The molecule has 1 aromatic rings. The number of aromatic nitrogens is 2. The molecule has 1 fully saturated rings. The highest BCUT2D eigenvalue weighted by Crippen LogP contribution is 2.30. The standard InChI is InChI=1S/C14H22BrN3O/c1-3-5-11-12(15)14(16-4-2)18-13(17-11)10-6-8-19-9-7-10/h10H,3-9H2,1-2H3,(H,16,17,18). The van der Waals surface area contributed by atoms with Crippen LogP contribution in [0.15, 0.2) is 4.47 Å². The third kappa shape index (κ3) is 3.66. The Labute approximate surface area is 123 Å². The summed E-state index contributed by atoms with van der Waals surface area (Å²) in [6.45, 7) is 6.78. The lowest BCUT2D eigenvalue weighted by atomic mass is 9.99. The zero-order chi connectivity index (χ0) is 13.7. The molecular formula is C14H22BrN3O. The topological polar surface area (TPSA) is 47.0 Å². The van der Waals surface area contributed by atoms with Crippen LogP contribution in [0.5, 0.6) is 0 Å². The molecule has 1 aliphatic heterocycles. The highest BCUT2D eigenvalue weighted by Gasteiger charge is 2.21. The summed E-state index contributed by atoms with van der Waals surface area (Å²) in [5, 5.41) is 3.32. The number of hydrogen-bond donors (Lipinski definition) is 1. The summed E-state index contributed by atoms with van der Waals surface area (Å²) in [5.41, 5.74) is 1.12. The van der Waals surface area contributed by atoms with Crippen molar-refractivity contribution in [1.29, 1.82) is 0 Å². The van der Waals surface area contributed by atoms with Gasteiger partial charge in [0.25, 0.3) is 0 Å². The molecule has 0 unspecified atom stereocenters. The Balaban J connectivity index is 2.30. The van der Waals surface area contributed by atoms with E-state index in [0.717, 1.165) is 67.3 Å². The van der Waals surface area contributed by atoms with E-state index < -0.39 is 0 Å². The molecule has 0 atom stereocenters. The van der Waals surface area contributed by atoms with E-state index in [1.807, 2.05) is 0 Å². The van der Waals surface area contributed by atoms with E-state index in [1.165, 1.54) is 0 Å². The SMILES string of the molecule is CCCc1nc(C2CCOCC2)nc(NCC)c1Br. The zero-order valence-corrected chi connectivity index (χ0v) is 13.3. The molecule has 2 heterocycles. The van der Waals surface area contributed by atoms with Gasteiger partial charge in [0.05, 0.1) is 10.2 Å². The van der Waals surface area contributed by atoms with Crippen molar-refractivity contribution in [1.82, 2.24) is 9.97 Å². The maximum absolute atomic E-state index is 5.42. The summed E-state index contributed by atoms with van der Waals surface area (Å²) in [6.07, 6.45) is 4.13. The van der Waals surface area contributed by atoms with Crippen molar-refractivity contribution in [3.8, 4) is 0 Å². The van der Waals surface area contributed by atoms with E-state index in [1.54, 1.807) is 0 Å². The Hall–Kier alpha value is -0.680. The fraction of sp³-hybridized carbons (Fsp3) is 0.714. The monoisotopic (exact) mass is 327 g/mol. The number of ether oxygens (including phenoxy) is 1. The Morgan fingerprint density at radius 3 is 2.63 bits per heavy atom. The predicted molar refractivity (Wildman–Crippen MR) is 80.7 cm³/mol. The van der Waals surface area contributed by atoms with Crippen molar-refractivity contribution < 1.29 is 4.74 Å². The Kier molecular flexibility index (Phi) is 5.58. The van der Waals surface area contributed by atoms with E-state index in [0.29, 0.717) is 5.92 Å². The summed E-state index contributed by atoms with van der Waals surface area (Å²) >= 11 is 3.63. The molecule has 0 aliphatic carbocycles. The van der Waals surface area contributed by atoms with E-state index in [-0.39, 0.29) is 0 Å². The van der Waals surface area contributed by atoms with Crippen LogP contribution in [0.2, 0.25) is 0 Å². The van der Waals surface area contributed by atoms with Gasteiger partial charge < -0.3 is 10.1 Å². The summed E-state index contributed by atoms with van der Waals surface area (Å²) < 4.78 is 6.44. The van der Waals surface area contributed by atoms with Crippen molar-refractivity contribution in [2.24, 2.45) is 0 Å². The third-order valence-corrected chi connectivity index (χ3v) is 4.19. The molecule has 1 saturated heterocycles. The Morgan fingerprint density at radius 1 is 1.26 bits per heavy atom. The highest BCUT2D eigenvalue weighted by molar-refractivity contribution is 9.10. The van der Waals surface area contributed by atoms with Gasteiger partial charge in [-0.1, -0.05) is 13.3 Å². The number of nitrogens with one attached hydrogen (secondary N) is 1. The largest absolute Gasteiger partial charge is 0.381 e. The minimum absolute atomic E-state index is 0.440. The highest BCUT2D eigenvalue weighted by atomic mass is 79.9. The fourth-order valence-electron chi connectivity index (χ4n) is 2.34. The zero-order valence-electron chi connectivity index (χ0n) is 11.7. The smallest absolute Gasteiger partial charge is 0.144 e. The first-order valence-corrected chi connectivity index (χ1v) is 7.93. The Morgan fingerprint density at radius 2 is 2.00 bits per heavy atom. The van der Waals surface area contributed by atoms with Gasteiger partial charge in [0.15, 0.2) is 0 Å². The molecule has 5 heteroatoms. The summed E-state index contributed by atoms with van der Waals surface area (Å²) in [5.74, 6) is 2.35. The minimum atomic E-state index is 0.440. The molecule has 0 aromatic carbocycles. The third-order valence-electron chi connectivity index (χ3n) is 3.35. The van der Waals surface area contributed by atoms with Crippen LogP contribution in [-0.2, 0) is 11.2 Å². The van der Waals surface area contributed by atoms with Gasteiger partial charge in [0, 0.05) is 25.7 Å². The lowest BCUT2D eigenvalue weighted by molar-refractivity contribution is 0.0835. The molecule has 0 bridgehead atoms. The van der Waals surface area contributed by atoms with Crippen LogP contribution < -0.4 is 5.32 Å². The van der Waals surface area contributed by atoms with Crippen molar-refractivity contribution in [2.75, 3.05) is 25.1 Å². The van der Waals surface area contributed by atoms with Crippen LogP contribution in [0, 0.1) is 0 Å². The quantitative estimate of drug-likeness (QED) is 0.898. The van der Waals surface area contributed by atoms with Gasteiger partial charge in [-0.25, -0.2) is 9.97 Å². The average molecular weight is 328 g/mol. The van der Waals surface area contributed by atoms with Gasteiger partial charge in [-0.05, 0) is 42.1 Å². The second-order valence-electron chi connectivity index (χ2n) is 4.86. The van der Waals surface area contributed by atoms with Gasteiger partial charge in [0.1, 0.15) is 11.6 Å². The number of hydrogen-bond acceptors (Lipinski definition) is 4. The number of rotatable bonds is 5. The molecule has 1 aromatic heterocycles. The molecule has 4 nitrogen and oxygen atoms in total. The van der Waals surface area contributed by atoms with Crippen molar-refractivity contribution >= 4 is 21.7 Å². The normalized spacial score (nSPS) is 16.6. The first kappa shape index (κ1) is 14.7. The summed E-state index contributed by atoms with van der Waals surface area (Å²) in [7, 11) is 0. The maximum atomic E-state index is 5.42. The first-order valence-electron chi connectivity index (χ1n) is 7.14. The van der Waals surface area contributed by atoms with Crippen molar-refractivity contribution in [3.63, 3.8) is 0 Å². The van der Waals surface area contributed by atoms with Gasteiger partial charge in [-0.15, -0.1) is 0 Å². The summed E-state index contributed by atoms with van der Waals surface area (Å²) in [6, 6.07) is 0. The van der Waals surface area contributed by atoms with Crippen LogP contribution >= 0.6 is 15.9 Å². The van der Waals surface area contributed by atoms with Crippen LogP contribution in [0.1, 0.15) is 50.5 Å². The molecule has 0 saturated carbocycles. The average Bonchev–Trinajstić information content (AvgIpc) is 2.44. The van der Waals surface area contributed by atoms with E-state index in [4.69, 9.17) is 14.7 Å². The van der Waals surface area contributed by atoms with E-state index >= 15 is 0 Å². The fourth-order valence-corrected chi connectivity index (χ4v) is 2.85. The van der Waals surface area contributed by atoms with Crippen LogP contribution in [0.4, 0.5) is 5.82 Å². The first-order chi connectivity index (χ1) is 9.26. The van der Waals surface area contributed by atoms with Crippen LogP contribution in [0.25, 0.3) is 0 Å². The van der Waals surface area contributed by atoms with Gasteiger partial charge >= 0.3 is 0 Å². The summed E-state index contributed by atoms with van der Waals surface area (Å²) in [4.78, 5) is 9.48. The van der Waals surface area contributed by atoms with Crippen molar-refractivity contribution in [3.05, 3.63) is 16.0 Å². The molecule has 0 amide bonds. The lowest BCUT2D eigenvalue weighted by Crippen LogP contribution is -2.18. The molecule has 1 aliphatic rings. The number of halogens is 1. The Bertz CT molecular complexity index is 392. The molecule has 2 rings (SSSR count). The maximum Gasteiger partial charge on any atom is 0.144 e. The van der Waals surface area contributed by atoms with Crippen LogP contribution in [0.3, 0.4) is 0 Å². The molecule has 1 N–H and O–H groups in total. The molecule has 106 valence electrons.